The molecule has 2 aliphatic heterocycles. The molecule has 2 aliphatic rings. The van der Waals surface area contributed by atoms with Crippen molar-refractivity contribution in [3.8, 4) is 45.7 Å². The number of pyridine rings is 1. The van der Waals surface area contributed by atoms with E-state index in [1.54, 1.807) is 6.20 Å². The molecule has 0 amide bonds. The molecular formula is C46H42CuN16O8S3. The average Bonchev–Trinajstić information content (AvgIpc) is 4.11. The van der Waals surface area contributed by atoms with Crippen LogP contribution in [-0.4, -0.2) is 95.8 Å². The van der Waals surface area contributed by atoms with E-state index in [9.17, 15) is 21.4 Å². The van der Waals surface area contributed by atoms with Crippen molar-refractivity contribution in [2.24, 2.45) is 0 Å². The van der Waals surface area contributed by atoms with Crippen LogP contribution in [0.25, 0.3) is 89.8 Å². The van der Waals surface area contributed by atoms with Gasteiger partial charge in [0.2, 0.25) is 27.9 Å². The van der Waals surface area contributed by atoms with Gasteiger partial charge in [-0.05, 0) is 51.9 Å². The normalized spacial score (nSPS) is 11.4. The topological polar surface area (TPSA) is 346 Å². The van der Waals surface area contributed by atoms with E-state index in [0.717, 1.165) is 56.6 Å². The molecule has 8 bridgehead atoms. The largest absolute Gasteiger partial charge is 2.00 e. The van der Waals surface area contributed by atoms with Gasteiger partial charge in [-0.15, -0.1) is 4.33 Å². The van der Waals surface area contributed by atoms with Crippen molar-refractivity contribution in [2.45, 2.75) is 31.1 Å². The van der Waals surface area contributed by atoms with Gasteiger partial charge < -0.3 is 46.3 Å². The molecule has 28 heteroatoms. The van der Waals surface area contributed by atoms with Crippen molar-refractivity contribution in [1.29, 1.82) is 0 Å². The molecule has 0 saturated heterocycles. The third kappa shape index (κ3) is 11.9. The standard InChI is InChI=1S/C31H15N9.C12H17N7O8S3.C2H6.CH4.Cu/c1-2-9-17-16(8-1)24-33-25(17)35-27-20-12-5-6-13-21(20)29(37-27)39-31-23-22(14-7-15-32-23)30(40-31)38-28-19-11-4-3-10-18(19)26(34-24)36-28;1-29(21,22)15-5-4-14-11-17-10(13)18-12(19-11)16-8-6-7(30(23,24)25)2-3-9(8)28-27-26-20;1-2;;/h1-15H;2-3,6,15,20H,4-5H2,1H3,(H,23,24,25)(H4,13,14,16,17,18,19);1-2H3;1H4;/q-2;;;;+2. The van der Waals surface area contributed by atoms with Gasteiger partial charge in [0.15, 0.2) is 0 Å². The summed E-state index contributed by atoms with van der Waals surface area (Å²) in [6.45, 7) is 4.19. The van der Waals surface area contributed by atoms with Gasteiger partial charge in [-0.1, -0.05) is 99.1 Å². The minimum Gasteiger partial charge on any atom is -0.368 e. The summed E-state index contributed by atoms with van der Waals surface area (Å²) >= 11 is 0.519. The van der Waals surface area contributed by atoms with E-state index in [1.165, 1.54) is 6.07 Å². The quantitative estimate of drug-likeness (QED) is 0.0189. The zero-order chi connectivity index (χ0) is 50.6. The Morgan fingerprint density at radius 1 is 0.635 bits per heavy atom. The fraction of sp³-hybridized carbons (Fsp3) is 0.130. The van der Waals surface area contributed by atoms with Crippen LogP contribution in [-0.2, 0) is 46.6 Å². The van der Waals surface area contributed by atoms with E-state index in [0.29, 0.717) is 63.6 Å². The van der Waals surface area contributed by atoms with Crippen molar-refractivity contribution >= 4 is 99.9 Å². The third-order valence-corrected chi connectivity index (χ3v) is 12.5. The number of hydrogen-bond acceptors (Lipinski definition) is 21. The van der Waals surface area contributed by atoms with Crippen molar-refractivity contribution < 1.29 is 53.1 Å². The number of nitrogens with zero attached hydrogens (tertiary/aromatic N) is 12. The summed E-state index contributed by atoms with van der Waals surface area (Å²) in [6, 6.07) is 30.9. The van der Waals surface area contributed by atoms with Gasteiger partial charge in [0.05, 0.1) is 51.3 Å². The fourth-order valence-corrected chi connectivity index (χ4v) is 8.69. The third-order valence-electron chi connectivity index (χ3n) is 10.3. The van der Waals surface area contributed by atoms with E-state index >= 15 is 0 Å². The van der Waals surface area contributed by atoms with Gasteiger partial charge in [-0.3, -0.25) is 9.54 Å². The molecule has 1 radical (unpaired) electrons. The summed E-state index contributed by atoms with van der Waals surface area (Å²) in [5.41, 5.74) is 11.0. The molecule has 7 heterocycles. The monoisotopic (exact) mass is 1110 g/mol. The van der Waals surface area contributed by atoms with Crippen LogP contribution in [0.15, 0.2) is 119 Å². The molecule has 0 spiro atoms. The van der Waals surface area contributed by atoms with Crippen LogP contribution in [0.4, 0.5) is 23.5 Å². The van der Waals surface area contributed by atoms with Gasteiger partial charge in [0, 0.05) is 58.6 Å². The Morgan fingerprint density at radius 3 is 1.68 bits per heavy atom. The van der Waals surface area contributed by atoms with E-state index in [4.69, 9.17) is 50.9 Å². The smallest absolute Gasteiger partial charge is 0.368 e. The number of nitrogens with one attached hydrogen (secondary N) is 3. The van der Waals surface area contributed by atoms with Crippen molar-refractivity contribution in [1.82, 2.24) is 64.5 Å². The first-order chi connectivity index (χ1) is 34.8. The number of nitrogen functional groups attached to an aromatic ring is 1. The predicted molar refractivity (Wildman–Crippen MR) is 276 cm³/mol. The maximum Gasteiger partial charge on any atom is 2.00 e. The van der Waals surface area contributed by atoms with E-state index < -0.39 is 25.0 Å². The molecule has 7 N–H and O–H groups in total. The summed E-state index contributed by atoms with van der Waals surface area (Å²) in [4.78, 5) is 55.1. The SMILES string of the molecule is C.CC.CS(=O)(=O)NCCNc1nc(N)nc(Nc2cc(S(=O)(=O)O)ccc2SOOO)n1.[Cu+2].c1ccc2c(c1)-c1nc-2nc2[n-]c(nc3nc(nc4[n-]c(n1)c1ccccc41)-c1cccnc1-3)c1ccccc21. The Bertz CT molecular complexity index is 3620. The number of sulfonamides is 1. The molecule has 24 nitrogen and oxygen atoms in total. The van der Waals surface area contributed by atoms with Gasteiger partial charge in [0.25, 0.3) is 10.1 Å². The second kappa shape index (κ2) is 23.1. The summed E-state index contributed by atoms with van der Waals surface area (Å²) < 4.78 is 60.7. The van der Waals surface area contributed by atoms with E-state index in [2.05, 4.69) is 44.7 Å². The van der Waals surface area contributed by atoms with E-state index in [-0.39, 0.29) is 66.0 Å². The summed E-state index contributed by atoms with van der Waals surface area (Å²) in [5.74, 6) is 1.72. The molecule has 74 heavy (non-hydrogen) atoms. The van der Waals surface area contributed by atoms with Crippen molar-refractivity contribution in [3.63, 3.8) is 0 Å². The first kappa shape index (κ1) is 54.2. The number of nitrogens with two attached hydrogens (primary N) is 1. The molecule has 9 aromatic rings. The number of aromatic nitrogens is 12. The molecule has 11 rings (SSSR count). The van der Waals surface area contributed by atoms with E-state index in [1.807, 2.05) is 98.8 Å². The van der Waals surface area contributed by atoms with Gasteiger partial charge in [-0.2, -0.15) is 23.4 Å². The first-order valence-corrected chi connectivity index (χ1v) is 25.5. The van der Waals surface area contributed by atoms with Gasteiger partial charge in [-0.25, -0.2) is 28.4 Å². The summed E-state index contributed by atoms with van der Waals surface area (Å²) in [6.07, 6.45) is 2.74. The average molecular weight is 1110 g/mol. The maximum atomic E-state index is 11.4. The molecule has 4 aromatic carbocycles. The van der Waals surface area contributed by atoms with Crippen LogP contribution in [0, 0.1) is 0 Å². The Balaban J connectivity index is 0.000000213. The maximum absolute atomic E-state index is 11.4. The van der Waals surface area contributed by atoms with Gasteiger partial charge in [0.1, 0.15) is 11.5 Å². The Hall–Kier alpha value is -7.63. The molecule has 0 unspecified atom stereocenters. The second-order valence-corrected chi connectivity index (χ2v) is 18.9. The molecule has 0 aliphatic carbocycles. The van der Waals surface area contributed by atoms with Crippen LogP contribution in [0.3, 0.4) is 0 Å². The van der Waals surface area contributed by atoms with Crippen molar-refractivity contribution in [2.75, 3.05) is 35.7 Å². The molecular weight excluding hydrogens is 1060 g/mol. The minimum atomic E-state index is -4.52. The van der Waals surface area contributed by atoms with Crippen LogP contribution >= 0.6 is 12.0 Å². The molecule has 5 aromatic heterocycles. The molecule has 0 atom stereocenters. The number of anilines is 4. The zero-order valence-electron chi connectivity index (χ0n) is 38.1. The minimum absolute atomic E-state index is 0. The summed E-state index contributed by atoms with van der Waals surface area (Å²) in [5, 5.41) is 20.7. The van der Waals surface area contributed by atoms with Crippen LogP contribution in [0.5, 0.6) is 0 Å². The number of hydrogen-bond donors (Lipinski definition) is 6. The number of benzene rings is 4. The van der Waals surface area contributed by atoms with Gasteiger partial charge >= 0.3 is 17.1 Å². The zero-order valence-corrected chi connectivity index (χ0v) is 41.5. The Kier molecular flexibility index (Phi) is 16.9. The van der Waals surface area contributed by atoms with Crippen LogP contribution in [0.2, 0.25) is 0 Å². The van der Waals surface area contributed by atoms with Crippen LogP contribution in [0.1, 0.15) is 21.3 Å². The number of fused-ring (bicyclic) bond motifs is 20. The number of rotatable bonds is 11. The Labute approximate surface area is 436 Å². The predicted octanol–water partition coefficient (Wildman–Crippen LogP) is 7.02. The molecule has 0 fully saturated rings. The molecule has 0 saturated carbocycles. The van der Waals surface area contributed by atoms with Crippen LogP contribution < -0.4 is 31.1 Å². The fourth-order valence-electron chi connectivity index (χ4n) is 7.28. The van der Waals surface area contributed by atoms with Crippen molar-refractivity contribution in [3.05, 3.63) is 109 Å². The first-order valence-electron chi connectivity index (χ1n) is 21.5. The molecule has 383 valence electrons. The Morgan fingerprint density at radius 2 is 1.14 bits per heavy atom. The second-order valence-electron chi connectivity index (χ2n) is 14.9. The summed E-state index contributed by atoms with van der Waals surface area (Å²) in [7, 11) is -7.87.